The number of hydrogen-bond acceptors (Lipinski definition) is 4. The van der Waals surface area contributed by atoms with Gasteiger partial charge in [-0.1, -0.05) is 35.9 Å². The highest BCUT2D eigenvalue weighted by molar-refractivity contribution is 7.76. The molecule has 0 aliphatic heterocycles. The standard InChI is InChI=1S/C16H15ClFNO4S/c1-23-16(20)11-6-7-13(15(18)8-11)10-19(24(21)22)9-12-4-2-3-5-14(12)17/h2-8H,9-10H2,1H3,(H,21,22)/p-1. The number of halogens is 2. The van der Waals surface area contributed by atoms with Crippen LogP contribution in [0.25, 0.3) is 0 Å². The molecule has 24 heavy (non-hydrogen) atoms. The number of benzene rings is 2. The Hall–Kier alpha value is -1.80. The fourth-order valence-corrected chi connectivity index (χ4v) is 2.77. The Morgan fingerprint density at radius 1 is 1.25 bits per heavy atom. The van der Waals surface area contributed by atoms with Gasteiger partial charge in [-0.15, -0.1) is 0 Å². The molecule has 1 atom stereocenters. The molecule has 5 nitrogen and oxygen atoms in total. The first-order chi connectivity index (χ1) is 11.4. The summed E-state index contributed by atoms with van der Waals surface area (Å²) < 4.78 is 42.6. The van der Waals surface area contributed by atoms with E-state index in [1.165, 1.54) is 19.2 Å². The number of methoxy groups -OCH3 is 1. The Morgan fingerprint density at radius 3 is 2.50 bits per heavy atom. The Balaban J connectivity index is 2.21. The Morgan fingerprint density at radius 2 is 1.92 bits per heavy atom. The number of carbonyl (C=O) groups excluding carboxylic acids is 1. The fourth-order valence-electron chi connectivity index (χ4n) is 2.09. The molecule has 0 aliphatic rings. The molecule has 2 aromatic carbocycles. The normalized spacial score (nSPS) is 12.2. The zero-order valence-electron chi connectivity index (χ0n) is 12.7. The quantitative estimate of drug-likeness (QED) is 0.579. The monoisotopic (exact) mass is 370 g/mol. The summed E-state index contributed by atoms with van der Waals surface area (Å²) in [6.45, 7) is -0.178. The van der Waals surface area contributed by atoms with Gasteiger partial charge in [0.25, 0.3) is 0 Å². The van der Waals surface area contributed by atoms with Gasteiger partial charge >= 0.3 is 5.97 Å². The van der Waals surface area contributed by atoms with Gasteiger partial charge in [-0.25, -0.2) is 13.5 Å². The maximum absolute atomic E-state index is 14.1. The third kappa shape index (κ3) is 4.61. The van der Waals surface area contributed by atoms with Gasteiger partial charge < -0.3 is 9.29 Å². The van der Waals surface area contributed by atoms with Crippen molar-refractivity contribution in [2.45, 2.75) is 13.1 Å². The first-order valence-corrected chi connectivity index (χ1v) is 8.28. The molecule has 0 bridgehead atoms. The van der Waals surface area contributed by atoms with Crippen molar-refractivity contribution in [1.29, 1.82) is 0 Å². The fraction of sp³-hybridized carbons (Fsp3) is 0.188. The van der Waals surface area contributed by atoms with Gasteiger partial charge in [0.1, 0.15) is 5.82 Å². The highest BCUT2D eigenvalue weighted by Gasteiger charge is 2.15. The average Bonchev–Trinajstić information content (AvgIpc) is 2.56. The smallest absolute Gasteiger partial charge is 0.337 e. The molecule has 1 unspecified atom stereocenters. The molecule has 0 fully saturated rings. The second kappa shape index (κ2) is 8.34. The van der Waals surface area contributed by atoms with Crippen molar-refractivity contribution in [3.8, 4) is 0 Å². The van der Waals surface area contributed by atoms with E-state index in [1.54, 1.807) is 24.3 Å². The van der Waals surface area contributed by atoms with Crippen LogP contribution >= 0.6 is 11.6 Å². The second-order valence-electron chi connectivity index (χ2n) is 4.90. The lowest BCUT2D eigenvalue weighted by Gasteiger charge is -2.25. The van der Waals surface area contributed by atoms with E-state index in [0.29, 0.717) is 10.6 Å². The topological polar surface area (TPSA) is 69.7 Å². The molecular formula is C16H14ClFNO4S-. The highest BCUT2D eigenvalue weighted by atomic mass is 35.5. The van der Waals surface area contributed by atoms with Crippen LogP contribution < -0.4 is 0 Å². The van der Waals surface area contributed by atoms with Crippen molar-refractivity contribution in [3.05, 3.63) is 70.0 Å². The molecule has 128 valence electrons. The van der Waals surface area contributed by atoms with Crippen molar-refractivity contribution < 1.29 is 22.7 Å². The highest BCUT2D eigenvalue weighted by Crippen LogP contribution is 2.20. The summed E-state index contributed by atoms with van der Waals surface area (Å²) in [6, 6.07) is 10.6. The molecule has 2 rings (SSSR count). The maximum atomic E-state index is 14.1. The van der Waals surface area contributed by atoms with Crippen molar-refractivity contribution in [2.24, 2.45) is 0 Å². The van der Waals surface area contributed by atoms with Crippen LogP contribution in [0, 0.1) is 5.82 Å². The van der Waals surface area contributed by atoms with Gasteiger partial charge in [0.15, 0.2) is 0 Å². The summed E-state index contributed by atoms with van der Waals surface area (Å²) in [5.41, 5.74) is 0.800. The third-order valence-corrected chi connectivity index (χ3v) is 4.38. The minimum Gasteiger partial charge on any atom is -0.760 e. The molecule has 2 aromatic rings. The van der Waals surface area contributed by atoms with E-state index in [2.05, 4.69) is 4.74 Å². The molecule has 0 heterocycles. The minimum absolute atomic E-state index is 0.00791. The van der Waals surface area contributed by atoms with Crippen LogP contribution in [0.1, 0.15) is 21.5 Å². The molecular weight excluding hydrogens is 357 g/mol. The maximum Gasteiger partial charge on any atom is 0.337 e. The van der Waals surface area contributed by atoms with E-state index < -0.39 is 23.1 Å². The summed E-state index contributed by atoms with van der Waals surface area (Å²) in [4.78, 5) is 11.4. The lowest BCUT2D eigenvalue weighted by molar-refractivity contribution is 0.0600. The van der Waals surface area contributed by atoms with Gasteiger partial charge in [0, 0.05) is 34.9 Å². The number of rotatable bonds is 6. The number of ether oxygens (including phenoxy) is 1. The molecule has 0 saturated carbocycles. The SMILES string of the molecule is COC(=O)c1ccc(CN(Cc2ccccc2Cl)S(=O)[O-])c(F)c1. The summed E-state index contributed by atoms with van der Waals surface area (Å²) in [6.07, 6.45) is 0. The molecule has 0 aliphatic carbocycles. The number of hydrogen-bond donors (Lipinski definition) is 0. The van der Waals surface area contributed by atoms with Crippen LogP contribution in [0.4, 0.5) is 4.39 Å². The third-order valence-electron chi connectivity index (χ3n) is 3.34. The van der Waals surface area contributed by atoms with E-state index >= 15 is 0 Å². The number of esters is 1. The van der Waals surface area contributed by atoms with Crippen LogP contribution in [-0.2, 0) is 29.1 Å². The summed E-state index contributed by atoms with van der Waals surface area (Å²) >= 11 is 3.46. The molecule has 0 spiro atoms. The van der Waals surface area contributed by atoms with Gasteiger partial charge in [0.05, 0.1) is 12.7 Å². The van der Waals surface area contributed by atoms with Crippen molar-refractivity contribution in [3.63, 3.8) is 0 Å². The number of nitrogens with zero attached hydrogens (tertiary/aromatic N) is 1. The van der Waals surface area contributed by atoms with Crippen LogP contribution in [0.5, 0.6) is 0 Å². The first-order valence-electron chi connectivity index (χ1n) is 6.87. The predicted molar refractivity (Wildman–Crippen MR) is 87.4 cm³/mol. The van der Waals surface area contributed by atoms with Crippen molar-refractivity contribution in [1.82, 2.24) is 4.31 Å². The van der Waals surface area contributed by atoms with Gasteiger partial charge in [-0.05, 0) is 23.8 Å². The molecule has 8 heteroatoms. The van der Waals surface area contributed by atoms with Crippen molar-refractivity contribution >= 4 is 28.8 Å². The van der Waals surface area contributed by atoms with Crippen LogP contribution in [0.3, 0.4) is 0 Å². The van der Waals surface area contributed by atoms with Gasteiger partial charge in [0.2, 0.25) is 0 Å². The molecule has 0 saturated heterocycles. The van der Waals surface area contributed by atoms with Crippen molar-refractivity contribution in [2.75, 3.05) is 7.11 Å². The zero-order valence-corrected chi connectivity index (χ0v) is 14.3. The summed E-state index contributed by atoms with van der Waals surface area (Å²) in [5, 5.41) is 0.425. The second-order valence-corrected chi connectivity index (χ2v) is 6.26. The molecule has 0 aromatic heterocycles. The Labute approximate surface area is 146 Å². The van der Waals surface area contributed by atoms with Crippen LogP contribution in [-0.4, -0.2) is 26.1 Å². The van der Waals surface area contributed by atoms with E-state index in [-0.39, 0.29) is 24.2 Å². The first kappa shape index (κ1) is 18.5. The molecule has 0 N–H and O–H groups in total. The van der Waals surface area contributed by atoms with E-state index in [9.17, 15) is 17.9 Å². The lowest BCUT2D eigenvalue weighted by Crippen LogP contribution is -2.25. The summed E-state index contributed by atoms with van der Waals surface area (Å²) in [7, 11) is 1.19. The van der Waals surface area contributed by atoms with Crippen LogP contribution in [0.2, 0.25) is 5.02 Å². The van der Waals surface area contributed by atoms with Crippen LogP contribution in [0.15, 0.2) is 42.5 Å². The van der Waals surface area contributed by atoms with Gasteiger partial charge in [-0.2, -0.15) is 0 Å². The van der Waals surface area contributed by atoms with E-state index in [4.69, 9.17) is 11.6 Å². The molecule has 0 amide bonds. The average molecular weight is 371 g/mol. The Bertz CT molecular complexity index is 771. The lowest BCUT2D eigenvalue weighted by atomic mass is 10.1. The van der Waals surface area contributed by atoms with E-state index in [0.717, 1.165) is 10.4 Å². The predicted octanol–water partition coefficient (Wildman–Crippen LogP) is 3.06. The zero-order chi connectivity index (χ0) is 17.7. The minimum atomic E-state index is -2.57. The van der Waals surface area contributed by atoms with Gasteiger partial charge in [-0.3, -0.25) is 4.21 Å². The molecule has 0 radical (unpaired) electrons. The number of carbonyl (C=O) groups is 1. The summed E-state index contributed by atoms with van der Waals surface area (Å²) in [5.74, 6) is -1.35. The Kier molecular flexibility index (Phi) is 6.44. The van der Waals surface area contributed by atoms with E-state index in [1.807, 2.05) is 0 Å². The largest absolute Gasteiger partial charge is 0.760 e.